The fraction of sp³-hybridized carbons (Fsp3) is 0.455. The zero-order valence-electron chi connectivity index (χ0n) is 10.4. The lowest BCUT2D eigenvalue weighted by Crippen LogP contribution is -2.35. The Morgan fingerprint density at radius 2 is 1.76 bits per heavy atom. The first-order chi connectivity index (χ1) is 7.71. The third-order valence-corrected chi connectivity index (χ3v) is 3.45. The summed E-state index contributed by atoms with van der Waals surface area (Å²) >= 11 is 0. The normalized spacial score (nSPS) is 11.8. The highest BCUT2D eigenvalue weighted by atomic mass is 32.2. The quantitative estimate of drug-likeness (QED) is 0.719. The number of hydrogen-bond acceptors (Lipinski definition) is 3. The molecule has 0 heterocycles. The van der Waals surface area contributed by atoms with Gasteiger partial charge in [-0.05, 0) is 51.0 Å². The predicted octanol–water partition coefficient (Wildman–Crippen LogP) is 1.66. The molecule has 6 heteroatoms. The van der Waals surface area contributed by atoms with E-state index in [-0.39, 0.29) is 11.8 Å². The van der Waals surface area contributed by atoms with Gasteiger partial charge in [-0.1, -0.05) is 0 Å². The molecule has 0 aliphatic heterocycles. The number of anilines is 1. The minimum Gasteiger partial charge on any atom is -0.508 e. The number of nitrogens with one attached hydrogen (secondary N) is 2. The Morgan fingerprint density at radius 3 is 2.29 bits per heavy atom. The lowest BCUT2D eigenvalue weighted by Gasteiger charge is -2.14. The molecule has 1 rings (SSSR count). The van der Waals surface area contributed by atoms with Crippen molar-refractivity contribution in [3.05, 3.63) is 23.3 Å². The molecule has 17 heavy (non-hydrogen) atoms. The third-order valence-electron chi connectivity index (χ3n) is 2.18. The minimum atomic E-state index is -3.57. The van der Waals surface area contributed by atoms with Gasteiger partial charge in [0, 0.05) is 6.04 Å². The van der Waals surface area contributed by atoms with Crippen LogP contribution in [0.1, 0.15) is 25.0 Å². The van der Waals surface area contributed by atoms with E-state index in [9.17, 15) is 13.5 Å². The molecule has 0 atom stereocenters. The molecule has 0 bridgehead atoms. The molecule has 96 valence electrons. The van der Waals surface area contributed by atoms with Crippen molar-refractivity contribution in [1.82, 2.24) is 4.72 Å². The second-order valence-electron chi connectivity index (χ2n) is 4.33. The summed E-state index contributed by atoms with van der Waals surface area (Å²) in [5.74, 6) is 0.155. The van der Waals surface area contributed by atoms with Gasteiger partial charge in [0.2, 0.25) is 0 Å². The van der Waals surface area contributed by atoms with Crippen LogP contribution >= 0.6 is 0 Å². The molecule has 0 saturated heterocycles. The van der Waals surface area contributed by atoms with E-state index in [1.165, 1.54) is 6.07 Å². The smallest absolute Gasteiger partial charge is 0.299 e. The largest absolute Gasteiger partial charge is 0.508 e. The summed E-state index contributed by atoms with van der Waals surface area (Å²) in [6.45, 7) is 6.93. The number of phenols is 1. The van der Waals surface area contributed by atoms with Crippen molar-refractivity contribution in [1.29, 1.82) is 0 Å². The molecule has 0 spiro atoms. The molecular weight excluding hydrogens is 240 g/mol. The van der Waals surface area contributed by atoms with Gasteiger partial charge >= 0.3 is 0 Å². The summed E-state index contributed by atoms with van der Waals surface area (Å²) < 4.78 is 28.2. The van der Waals surface area contributed by atoms with Gasteiger partial charge in [0.05, 0.1) is 5.69 Å². The van der Waals surface area contributed by atoms with Crippen molar-refractivity contribution in [2.24, 2.45) is 0 Å². The Hall–Kier alpha value is -1.27. The van der Waals surface area contributed by atoms with Crippen LogP contribution in [0.2, 0.25) is 0 Å². The van der Waals surface area contributed by atoms with Gasteiger partial charge in [-0.15, -0.1) is 0 Å². The molecule has 0 aliphatic carbocycles. The predicted molar refractivity (Wildman–Crippen MR) is 68.4 cm³/mol. The summed E-state index contributed by atoms with van der Waals surface area (Å²) in [5.41, 5.74) is 1.76. The summed E-state index contributed by atoms with van der Waals surface area (Å²) in [7, 11) is -3.57. The Balaban J connectivity index is 3.00. The lowest BCUT2D eigenvalue weighted by molar-refractivity contribution is 0.471. The maximum atomic E-state index is 11.7. The summed E-state index contributed by atoms with van der Waals surface area (Å²) in [6.07, 6.45) is 0. The summed E-state index contributed by atoms with van der Waals surface area (Å²) in [6, 6.07) is 2.96. The number of aromatic hydroxyl groups is 1. The van der Waals surface area contributed by atoms with Crippen LogP contribution in [0.4, 0.5) is 5.69 Å². The Labute approximate surface area is 102 Å². The molecule has 1 aromatic carbocycles. The molecule has 0 aliphatic rings. The van der Waals surface area contributed by atoms with E-state index < -0.39 is 10.2 Å². The zero-order chi connectivity index (χ0) is 13.2. The number of benzene rings is 1. The third kappa shape index (κ3) is 3.90. The molecule has 0 amide bonds. The van der Waals surface area contributed by atoms with E-state index in [0.29, 0.717) is 16.8 Å². The van der Waals surface area contributed by atoms with Crippen molar-refractivity contribution < 1.29 is 13.5 Å². The van der Waals surface area contributed by atoms with Gasteiger partial charge in [0.15, 0.2) is 0 Å². The highest BCUT2D eigenvalue weighted by Gasteiger charge is 2.13. The van der Waals surface area contributed by atoms with E-state index in [0.717, 1.165) is 0 Å². The van der Waals surface area contributed by atoms with E-state index in [4.69, 9.17) is 0 Å². The number of hydrogen-bond donors (Lipinski definition) is 3. The first-order valence-corrected chi connectivity index (χ1v) is 6.80. The molecule has 0 unspecified atom stereocenters. The van der Waals surface area contributed by atoms with E-state index >= 15 is 0 Å². The standard InChI is InChI=1S/C11H18N2O3S/c1-7(2)12-17(15,16)13-10-5-9(4)11(14)6-8(10)3/h5-7,12-14H,1-4H3. The molecule has 5 nitrogen and oxygen atoms in total. The van der Waals surface area contributed by atoms with Crippen molar-refractivity contribution in [3.63, 3.8) is 0 Å². The van der Waals surface area contributed by atoms with Crippen LogP contribution in [0.15, 0.2) is 12.1 Å². The van der Waals surface area contributed by atoms with Crippen LogP contribution in [0, 0.1) is 13.8 Å². The van der Waals surface area contributed by atoms with Crippen molar-refractivity contribution in [2.75, 3.05) is 4.72 Å². The first kappa shape index (κ1) is 13.8. The summed E-state index contributed by atoms with van der Waals surface area (Å²) in [4.78, 5) is 0. The average molecular weight is 258 g/mol. The van der Waals surface area contributed by atoms with Gasteiger partial charge in [0.1, 0.15) is 5.75 Å². The minimum absolute atomic E-state index is 0.155. The average Bonchev–Trinajstić information content (AvgIpc) is 2.11. The fourth-order valence-electron chi connectivity index (χ4n) is 1.40. The highest BCUT2D eigenvalue weighted by Crippen LogP contribution is 2.25. The first-order valence-electron chi connectivity index (χ1n) is 5.31. The molecule has 1 aromatic rings. The topological polar surface area (TPSA) is 78.4 Å². The SMILES string of the molecule is Cc1cc(NS(=O)(=O)NC(C)C)c(C)cc1O. The fourth-order valence-corrected chi connectivity index (χ4v) is 2.58. The molecule has 3 N–H and O–H groups in total. The van der Waals surface area contributed by atoms with E-state index in [2.05, 4.69) is 9.44 Å². The molecule has 0 radical (unpaired) electrons. The van der Waals surface area contributed by atoms with E-state index in [1.807, 2.05) is 0 Å². The van der Waals surface area contributed by atoms with E-state index in [1.54, 1.807) is 33.8 Å². The van der Waals surface area contributed by atoms with Crippen molar-refractivity contribution in [2.45, 2.75) is 33.7 Å². The van der Waals surface area contributed by atoms with Crippen LogP contribution in [0.5, 0.6) is 5.75 Å². The summed E-state index contributed by atoms with van der Waals surface area (Å²) in [5, 5.41) is 9.48. The molecule has 0 aromatic heterocycles. The van der Waals surface area contributed by atoms with Crippen LogP contribution in [0.3, 0.4) is 0 Å². The maximum absolute atomic E-state index is 11.7. The number of aryl methyl sites for hydroxylation is 2. The van der Waals surface area contributed by atoms with Crippen molar-refractivity contribution >= 4 is 15.9 Å². The Morgan fingerprint density at radius 1 is 1.18 bits per heavy atom. The van der Waals surface area contributed by atoms with Gasteiger partial charge in [-0.25, -0.2) is 0 Å². The monoisotopic (exact) mass is 258 g/mol. The van der Waals surface area contributed by atoms with Crippen LogP contribution in [0.25, 0.3) is 0 Å². The van der Waals surface area contributed by atoms with Gasteiger partial charge in [-0.2, -0.15) is 13.1 Å². The van der Waals surface area contributed by atoms with Gasteiger partial charge in [0.25, 0.3) is 10.2 Å². The molecular formula is C11H18N2O3S. The van der Waals surface area contributed by atoms with Crippen LogP contribution in [-0.4, -0.2) is 19.6 Å². The maximum Gasteiger partial charge on any atom is 0.299 e. The Kier molecular flexibility index (Phi) is 4.00. The molecule has 0 saturated carbocycles. The second kappa shape index (κ2) is 4.93. The second-order valence-corrected chi connectivity index (χ2v) is 5.78. The number of rotatable bonds is 4. The molecule has 0 fully saturated rings. The number of phenolic OH excluding ortho intramolecular Hbond substituents is 1. The lowest BCUT2D eigenvalue weighted by atomic mass is 10.1. The van der Waals surface area contributed by atoms with Gasteiger partial charge < -0.3 is 5.11 Å². The van der Waals surface area contributed by atoms with Crippen LogP contribution in [-0.2, 0) is 10.2 Å². The van der Waals surface area contributed by atoms with Crippen molar-refractivity contribution in [3.8, 4) is 5.75 Å². The zero-order valence-corrected chi connectivity index (χ0v) is 11.2. The van der Waals surface area contributed by atoms with Crippen LogP contribution < -0.4 is 9.44 Å². The Bertz CT molecular complexity index is 510. The highest BCUT2D eigenvalue weighted by molar-refractivity contribution is 7.90. The van der Waals surface area contributed by atoms with Gasteiger partial charge in [-0.3, -0.25) is 4.72 Å².